The number of rotatable bonds is 7. The van der Waals surface area contributed by atoms with Gasteiger partial charge in [-0.2, -0.15) is 0 Å². The van der Waals surface area contributed by atoms with Gasteiger partial charge in [0.2, 0.25) is 15.9 Å². The number of nitrogens with one attached hydrogen (secondary N) is 2. The van der Waals surface area contributed by atoms with Gasteiger partial charge in [0.15, 0.2) is 0 Å². The zero-order chi connectivity index (χ0) is 20.9. The van der Waals surface area contributed by atoms with Crippen LogP contribution >= 0.6 is 23.2 Å². The van der Waals surface area contributed by atoms with Crippen molar-refractivity contribution in [1.29, 1.82) is 0 Å². The Morgan fingerprint density at radius 3 is 2.28 bits per heavy atom. The van der Waals surface area contributed by atoms with Crippen molar-refractivity contribution in [1.82, 2.24) is 4.72 Å². The molecule has 29 heavy (non-hydrogen) atoms. The Morgan fingerprint density at radius 1 is 0.862 bits per heavy atom. The molecule has 0 saturated carbocycles. The molecule has 5 nitrogen and oxygen atoms in total. The van der Waals surface area contributed by atoms with Gasteiger partial charge in [0, 0.05) is 22.2 Å². The minimum Gasteiger partial charge on any atom is -0.325 e. The number of anilines is 1. The molecule has 0 aliphatic heterocycles. The molecule has 3 aromatic rings. The molecule has 0 unspecified atom stereocenters. The monoisotopic (exact) mass is 448 g/mol. The smallest absolute Gasteiger partial charge is 0.241 e. The highest BCUT2D eigenvalue weighted by atomic mass is 35.5. The molecule has 0 atom stereocenters. The highest BCUT2D eigenvalue weighted by molar-refractivity contribution is 7.89. The lowest BCUT2D eigenvalue weighted by molar-refractivity contribution is -0.115. The first-order valence-corrected chi connectivity index (χ1v) is 11.0. The van der Waals surface area contributed by atoms with Crippen LogP contribution in [0.3, 0.4) is 0 Å². The van der Waals surface area contributed by atoms with Crippen LogP contribution in [0.4, 0.5) is 5.69 Å². The van der Waals surface area contributed by atoms with E-state index in [1.807, 2.05) is 18.2 Å². The lowest BCUT2D eigenvalue weighted by Crippen LogP contribution is -2.33. The number of sulfonamides is 1. The summed E-state index contributed by atoms with van der Waals surface area (Å²) in [7, 11) is -3.77. The van der Waals surface area contributed by atoms with E-state index in [4.69, 9.17) is 23.2 Å². The van der Waals surface area contributed by atoms with Crippen molar-refractivity contribution in [2.45, 2.75) is 11.3 Å². The first-order valence-electron chi connectivity index (χ1n) is 8.71. The molecule has 0 aliphatic carbocycles. The summed E-state index contributed by atoms with van der Waals surface area (Å²) in [6, 6.07) is 20.3. The molecule has 0 fully saturated rings. The summed E-state index contributed by atoms with van der Waals surface area (Å²) in [5, 5.41) is 3.87. The van der Waals surface area contributed by atoms with Gasteiger partial charge < -0.3 is 5.32 Å². The summed E-state index contributed by atoms with van der Waals surface area (Å²) >= 11 is 12.3. The van der Waals surface area contributed by atoms with Gasteiger partial charge in [-0.05, 0) is 47.5 Å². The fraction of sp³-hybridized carbons (Fsp3) is 0.0952. The number of carbonyl (C=O) groups is 1. The van der Waals surface area contributed by atoms with E-state index < -0.39 is 22.5 Å². The third-order valence-corrected chi connectivity index (χ3v) is 6.18. The Bertz CT molecular complexity index is 1120. The zero-order valence-corrected chi connectivity index (χ0v) is 17.6. The lowest BCUT2D eigenvalue weighted by Gasteiger charge is -2.13. The zero-order valence-electron chi connectivity index (χ0n) is 15.2. The fourth-order valence-electron chi connectivity index (χ4n) is 2.72. The normalized spacial score (nSPS) is 11.2. The molecule has 1 amide bonds. The van der Waals surface area contributed by atoms with E-state index >= 15 is 0 Å². The summed E-state index contributed by atoms with van der Waals surface area (Å²) in [5.74, 6) is -0.493. The quantitative estimate of drug-likeness (QED) is 0.558. The van der Waals surface area contributed by atoms with E-state index in [-0.39, 0.29) is 4.90 Å². The van der Waals surface area contributed by atoms with Crippen LogP contribution in [0.2, 0.25) is 10.0 Å². The second-order valence-corrected chi connectivity index (χ2v) is 8.87. The standard InChI is InChI=1S/C21H18Cl2N2O3S/c22-17-10-11-20(16(13-17)12-15-6-4-5-9-19(15)23)25-21(26)14-24-29(27,28)18-7-2-1-3-8-18/h1-11,13,24H,12,14H2,(H,25,26). The van der Waals surface area contributed by atoms with E-state index in [1.165, 1.54) is 12.1 Å². The number of carbonyl (C=O) groups excluding carboxylic acids is 1. The summed E-state index contributed by atoms with van der Waals surface area (Å²) in [6.07, 6.45) is 0.464. The van der Waals surface area contributed by atoms with Crippen LogP contribution in [-0.4, -0.2) is 20.9 Å². The highest BCUT2D eigenvalue weighted by Gasteiger charge is 2.16. The van der Waals surface area contributed by atoms with Crippen LogP contribution in [0.15, 0.2) is 77.7 Å². The van der Waals surface area contributed by atoms with Crippen molar-refractivity contribution < 1.29 is 13.2 Å². The molecule has 150 valence electrons. The third kappa shape index (κ3) is 5.81. The molecule has 3 aromatic carbocycles. The number of hydrogen-bond donors (Lipinski definition) is 2. The second-order valence-electron chi connectivity index (χ2n) is 6.26. The van der Waals surface area contributed by atoms with E-state index in [0.29, 0.717) is 22.2 Å². The molecule has 0 spiro atoms. The van der Waals surface area contributed by atoms with Crippen LogP contribution in [0.1, 0.15) is 11.1 Å². The minimum atomic E-state index is -3.77. The number of benzene rings is 3. The molecule has 3 rings (SSSR count). The summed E-state index contributed by atoms with van der Waals surface area (Å²) in [5.41, 5.74) is 2.19. The Hall–Kier alpha value is -2.38. The number of amides is 1. The van der Waals surface area contributed by atoms with E-state index in [2.05, 4.69) is 10.0 Å². The topological polar surface area (TPSA) is 75.3 Å². The maximum absolute atomic E-state index is 12.3. The van der Waals surface area contributed by atoms with Gasteiger partial charge in [0.25, 0.3) is 0 Å². The molecule has 0 aromatic heterocycles. The maximum Gasteiger partial charge on any atom is 0.241 e. The maximum atomic E-state index is 12.3. The fourth-order valence-corrected chi connectivity index (χ4v) is 4.12. The van der Waals surface area contributed by atoms with Gasteiger partial charge in [-0.15, -0.1) is 0 Å². The van der Waals surface area contributed by atoms with Crippen LogP contribution in [0.5, 0.6) is 0 Å². The van der Waals surface area contributed by atoms with Crippen molar-refractivity contribution in [3.63, 3.8) is 0 Å². The predicted molar refractivity (Wildman–Crippen MR) is 116 cm³/mol. The molecule has 0 radical (unpaired) electrons. The molecule has 8 heteroatoms. The van der Waals surface area contributed by atoms with Crippen LogP contribution in [0.25, 0.3) is 0 Å². The second kappa shape index (κ2) is 9.41. The van der Waals surface area contributed by atoms with Gasteiger partial charge in [0.1, 0.15) is 0 Å². The molecule has 2 N–H and O–H groups in total. The van der Waals surface area contributed by atoms with E-state index in [9.17, 15) is 13.2 Å². The van der Waals surface area contributed by atoms with Gasteiger partial charge in [-0.25, -0.2) is 13.1 Å². The molecular formula is C21H18Cl2N2O3S. The van der Waals surface area contributed by atoms with Gasteiger partial charge in [0.05, 0.1) is 11.4 Å². The Balaban J connectivity index is 1.71. The summed E-state index contributed by atoms with van der Waals surface area (Å²) < 4.78 is 26.8. The Labute approximate surface area is 179 Å². The minimum absolute atomic E-state index is 0.0960. The highest BCUT2D eigenvalue weighted by Crippen LogP contribution is 2.26. The van der Waals surface area contributed by atoms with Gasteiger partial charge >= 0.3 is 0 Å². The number of hydrogen-bond acceptors (Lipinski definition) is 3. The van der Waals surface area contributed by atoms with Crippen molar-refractivity contribution in [3.05, 3.63) is 94.0 Å². The average Bonchev–Trinajstić information content (AvgIpc) is 2.71. The van der Waals surface area contributed by atoms with E-state index in [0.717, 1.165) is 11.1 Å². The molecule has 0 aliphatic rings. The molecule has 0 bridgehead atoms. The SMILES string of the molecule is O=C(CNS(=O)(=O)c1ccccc1)Nc1ccc(Cl)cc1Cc1ccccc1Cl. The van der Waals surface area contributed by atoms with Crippen molar-refractivity contribution in [2.75, 3.05) is 11.9 Å². The molecular weight excluding hydrogens is 431 g/mol. The Kier molecular flexibility index (Phi) is 6.92. The van der Waals surface area contributed by atoms with Crippen molar-refractivity contribution in [2.24, 2.45) is 0 Å². The van der Waals surface area contributed by atoms with Crippen LogP contribution < -0.4 is 10.0 Å². The molecule has 0 heterocycles. The molecule has 0 saturated heterocycles. The predicted octanol–water partition coefficient (Wildman–Crippen LogP) is 4.50. The van der Waals surface area contributed by atoms with Gasteiger partial charge in [-0.3, -0.25) is 4.79 Å². The van der Waals surface area contributed by atoms with Gasteiger partial charge in [-0.1, -0.05) is 59.6 Å². The third-order valence-electron chi connectivity index (χ3n) is 4.16. The summed E-state index contributed by atoms with van der Waals surface area (Å²) in [4.78, 5) is 12.4. The Morgan fingerprint density at radius 2 is 1.55 bits per heavy atom. The largest absolute Gasteiger partial charge is 0.325 e. The van der Waals surface area contributed by atoms with Crippen molar-refractivity contribution >= 4 is 44.8 Å². The lowest BCUT2D eigenvalue weighted by atomic mass is 10.0. The van der Waals surface area contributed by atoms with Crippen LogP contribution in [-0.2, 0) is 21.2 Å². The van der Waals surface area contributed by atoms with Crippen LogP contribution in [0, 0.1) is 0 Å². The van der Waals surface area contributed by atoms with Crippen molar-refractivity contribution in [3.8, 4) is 0 Å². The summed E-state index contributed by atoms with van der Waals surface area (Å²) in [6.45, 7) is -0.397. The van der Waals surface area contributed by atoms with E-state index in [1.54, 1.807) is 42.5 Å². The average molecular weight is 449 g/mol. The first kappa shape index (κ1) is 21.3. The first-order chi connectivity index (χ1) is 13.8. The number of halogens is 2.